The van der Waals surface area contributed by atoms with Gasteiger partial charge in [0, 0.05) is 32.7 Å². The molecule has 0 radical (unpaired) electrons. The second-order valence-electron chi connectivity index (χ2n) is 7.68. The summed E-state index contributed by atoms with van der Waals surface area (Å²) in [5.41, 5.74) is 1.47. The summed E-state index contributed by atoms with van der Waals surface area (Å²) in [6, 6.07) is 13.2. The van der Waals surface area contributed by atoms with E-state index < -0.39 is 0 Å². The van der Waals surface area contributed by atoms with Crippen molar-refractivity contribution in [1.82, 2.24) is 14.8 Å². The number of hydrogen-bond donors (Lipinski definition) is 0. The van der Waals surface area contributed by atoms with Crippen LogP contribution < -0.4 is 9.64 Å². The molecule has 0 unspecified atom stereocenters. The summed E-state index contributed by atoms with van der Waals surface area (Å²) in [4.78, 5) is 23.9. The molecule has 1 aromatic heterocycles. The normalized spacial score (nSPS) is 17.3. The fraction of sp³-hybridized carbons (Fsp3) is 0.391. The number of aromatic nitrogens is 1. The van der Waals surface area contributed by atoms with Gasteiger partial charge >= 0.3 is 0 Å². The molecule has 158 valence electrons. The number of halogens is 1. The molecule has 0 spiro atoms. The van der Waals surface area contributed by atoms with Crippen LogP contribution in [-0.4, -0.2) is 60.0 Å². The van der Waals surface area contributed by atoms with E-state index in [0.717, 1.165) is 57.1 Å². The van der Waals surface area contributed by atoms with E-state index in [1.54, 1.807) is 12.3 Å². The summed E-state index contributed by atoms with van der Waals surface area (Å²) >= 11 is 6.01. The molecule has 2 aliphatic rings. The Morgan fingerprint density at radius 1 is 1.00 bits per heavy atom. The SMILES string of the molecule is CC1=COc2ccccc2C(=O)N1CCCCN1CCN(c2cccc(Cl)n2)CC1. The lowest BCUT2D eigenvalue weighted by atomic mass is 10.1. The van der Waals surface area contributed by atoms with Crippen LogP contribution in [0.2, 0.25) is 5.15 Å². The number of fused-ring (bicyclic) bond motifs is 1. The van der Waals surface area contributed by atoms with Crippen LogP contribution in [0.1, 0.15) is 30.1 Å². The van der Waals surface area contributed by atoms with Crippen LogP contribution in [0.5, 0.6) is 5.75 Å². The zero-order valence-electron chi connectivity index (χ0n) is 17.3. The third kappa shape index (κ3) is 4.77. The Morgan fingerprint density at radius 2 is 1.77 bits per heavy atom. The number of allylic oxidation sites excluding steroid dienone is 1. The van der Waals surface area contributed by atoms with Gasteiger partial charge in [-0.3, -0.25) is 9.69 Å². The van der Waals surface area contributed by atoms with Crippen molar-refractivity contribution in [3.63, 3.8) is 0 Å². The van der Waals surface area contributed by atoms with E-state index in [9.17, 15) is 4.79 Å². The third-order valence-corrected chi connectivity index (χ3v) is 5.86. The molecule has 0 saturated carbocycles. The van der Waals surface area contributed by atoms with E-state index in [0.29, 0.717) is 23.0 Å². The molecule has 2 aliphatic heterocycles. The lowest BCUT2D eigenvalue weighted by molar-refractivity contribution is 0.0804. The summed E-state index contributed by atoms with van der Waals surface area (Å²) in [6.07, 6.45) is 3.68. The largest absolute Gasteiger partial charge is 0.462 e. The number of carbonyl (C=O) groups is 1. The van der Waals surface area contributed by atoms with Gasteiger partial charge in [-0.15, -0.1) is 0 Å². The van der Waals surface area contributed by atoms with E-state index in [2.05, 4.69) is 14.8 Å². The minimum atomic E-state index is 0.0134. The van der Waals surface area contributed by atoms with Crippen LogP contribution in [0.25, 0.3) is 0 Å². The summed E-state index contributed by atoms with van der Waals surface area (Å²) in [6.45, 7) is 7.59. The Kier molecular flexibility index (Phi) is 6.55. The molecule has 0 atom stereocenters. The predicted octanol–water partition coefficient (Wildman–Crippen LogP) is 4.03. The van der Waals surface area contributed by atoms with Crippen molar-refractivity contribution in [2.45, 2.75) is 19.8 Å². The Hall–Kier alpha value is -2.57. The molecule has 0 N–H and O–H groups in total. The van der Waals surface area contributed by atoms with Crippen molar-refractivity contribution < 1.29 is 9.53 Å². The van der Waals surface area contributed by atoms with Gasteiger partial charge < -0.3 is 14.5 Å². The van der Waals surface area contributed by atoms with E-state index in [1.807, 2.05) is 48.2 Å². The number of carbonyl (C=O) groups excluding carboxylic acids is 1. The Morgan fingerprint density at radius 3 is 2.57 bits per heavy atom. The van der Waals surface area contributed by atoms with Gasteiger partial charge in [0.05, 0.1) is 11.3 Å². The molecular weight excluding hydrogens is 400 g/mol. The predicted molar refractivity (Wildman–Crippen MR) is 119 cm³/mol. The zero-order valence-corrected chi connectivity index (χ0v) is 18.0. The van der Waals surface area contributed by atoms with Gasteiger partial charge in [0.2, 0.25) is 0 Å². The van der Waals surface area contributed by atoms with Gasteiger partial charge in [0.25, 0.3) is 5.91 Å². The second-order valence-corrected chi connectivity index (χ2v) is 8.07. The molecule has 0 aliphatic carbocycles. The lowest BCUT2D eigenvalue weighted by Crippen LogP contribution is -2.47. The number of benzene rings is 1. The Bertz CT molecular complexity index is 925. The average molecular weight is 427 g/mol. The first kappa shape index (κ1) is 20.7. The molecular formula is C23H27ClN4O2. The van der Waals surface area contributed by atoms with Crippen LogP contribution in [0, 0.1) is 0 Å². The molecule has 6 nitrogen and oxygen atoms in total. The molecule has 0 bridgehead atoms. The summed E-state index contributed by atoms with van der Waals surface area (Å²) in [5.74, 6) is 1.59. The van der Waals surface area contributed by atoms with Crippen molar-refractivity contribution in [2.75, 3.05) is 44.2 Å². The van der Waals surface area contributed by atoms with Crippen LogP contribution in [0.15, 0.2) is 54.4 Å². The molecule has 2 aromatic rings. The monoisotopic (exact) mass is 426 g/mol. The molecule has 3 heterocycles. The molecule has 7 heteroatoms. The fourth-order valence-corrected chi connectivity index (χ4v) is 4.08. The van der Waals surface area contributed by atoms with Crippen LogP contribution in [0.3, 0.4) is 0 Å². The number of amides is 1. The highest BCUT2D eigenvalue weighted by molar-refractivity contribution is 6.29. The third-order valence-electron chi connectivity index (χ3n) is 5.65. The van der Waals surface area contributed by atoms with Crippen molar-refractivity contribution in [1.29, 1.82) is 0 Å². The number of anilines is 1. The van der Waals surface area contributed by atoms with Gasteiger partial charge in [-0.2, -0.15) is 0 Å². The Labute approximate surface area is 182 Å². The molecule has 4 rings (SSSR count). The quantitative estimate of drug-likeness (QED) is 0.515. The number of pyridine rings is 1. The van der Waals surface area contributed by atoms with Gasteiger partial charge in [-0.1, -0.05) is 29.8 Å². The molecule has 1 amide bonds. The van der Waals surface area contributed by atoms with Crippen LogP contribution in [-0.2, 0) is 0 Å². The maximum Gasteiger partial charge on any atom is 0.261 e. The standard InChI is InChI=1S/C23H27ClN4O2/c1-18-17-30-20-8-3-2-7-19(20)23(29)28(18)12-5-4-11-26-13-15-27(16-14-26)22-10-6-9-21(24)25-22/h2-3,6-10,17H,4-5,11-16H2,1H3. The fourth-order valence-electron chi connectivity index (χ4n) is 3.92. The number of nitrogens with zero attached hydrogens (tertiary/aromatic N) is 4. The van der Waals surface area contributed by atoms with Gasteiger partial charge in [0.1, 0.15) is 23.0 Å². The molecule has 1 fully saturated rings. The highest BCUT2D eigenvalue weighted by atomic mass is 35.5. The zero-order chi connectivity index (χ0) is 20.9. The maximum absolute atomic E-state index is 12.9. The first-order valence-electron chi connectivity index (χ1n) is 10.5. The summed E-state index contributed by atoms with van der Waals surface area (Å²) in [5, 5.41) is 0.537. The highest BCUT2D eigenvalue weighted by Gasteiger charge is 2.24. The van der Waals surface area contributed by atoms with Crippen molar-refractivity contribution in [2.24, 2.45) is 0 Å². The first-order chi connectivity index (χ1) is 14.6. The van der Waals surface area contributed by atoms with Crippen molar-refractivity contribution in [3.8, 4) is 5.75 Å². The topological polar surface area (TPSA) is 48.9 Å². The minimum Gasteiger partial charge on any atom is -0.462 e. The van der Waals surface area contributed by atoms with Crippen molar-refractivity contribution >= 4 is 23.3 Å². The lowest BCUT2D eigenvalue weighted by Gasteiger charge is -2.35. The number of piperazine rings is 1. The molecule has 1 saturated heterocycles. The van der Waals surface area contributed by atoms with Crippen molar-refractivity contribution in [3.05, 3.63) is 65.1 Å². The number of hydrogen-bond acceptors (Lipinski definition) is 5. The van der Waals surface area contributed by atoms with Gasteiger partial charge in [-0.05, 0) is 50.6 Å². The summed E-state index contributed by atoms with van der Waals surface area (Å²) in [7, 11) is 0. The number of para-hydroxylation sites is 1. The highest BCUT2D eigenvalue weighted by Crippen LogP contribution is 2.26. The second kappa shape index (κ2) is 9.49. The van der Waals surface area contributed by atoms with E-state index in [1.165, 1.54) is 0 Å². The van der Waals surface area contributed by atoms with Crippen LogP contribution >= 0.6 is 11.6 Å². The van der Waals surface area contributed by atoms with E-state index >= 15 is 0 Å². The first-order valence-corrected chi connectivity index (χ1v) is 10.8. The van der Waals surface area contributed by atoms with Gasteiger partial charge in [0.15, 0.2) is 0 Å². The number of ether oxygens (including phenoxy) is 1. The smallest absolute Gasteiger partial charge is 0.261 e. The van der Waals surface area contributed by atoms with E-state index in [4.69, 9.17) is 16.3 Å². The summed E-state index contributed by atoms with van der Waals surface area (Å²) < 4.78 is 5.67. The maximum atomic E-state index is 12.9. The Balaban J connectivity index is 1.23. The molecule has 30 heavy (non-hydrogen) atoms. The van der Waals surface area contributed by atoms with Gasteiger partial charge in [-0.25, -0.2) is 4.98 Å². The average Bonchev–Trinajstić information content (AvgIpc) is 2.89. The molecule has 1 aromatic carbocycles. The minimum absolute atomic E-state index is 0.0134. The van der Waals surface area contributed by atoms with Crippen LogP contribution in [0.4, 0.5) is 5.82 Å². The van der Waals surface area contributed by atoms with E-state index in [-0.39, 0.29) is 5.91 Å². The number of rotatable bonds is 6. The number of unbranched alkanes of at least 4 members (excludes halogenated alkanes) is 1.